The third kappa shape index (κ3) is 14.4. The fraction of sp³-hybridized carbons (Fsp3) is 0.351. The highest BCUT2D eigenvalue weighted by molar-refractivity contribution is 14.0. The van der Waals surface area contributed by atoms with Gasteiger partial charge in [0, 0.05) is 23.2 Å². The second-order valence-electron chi connectivity index (χ2n) is 13.5. The first-order valence-corrected chi connectivity index (χ1v) is 15.8. The Morgan fingerprint density at radius 3 is 1.94 bits per heavy atom. The molecule has 0 heterocycles. The molecule has 0 saturated carbocycles. The zero-order valence-electron chi connectivity index (χ0n) is 29.1. The summed E-state index contributed by atoms with van der Waals surface area (Å²) in [6, 6.07) is 19.3. The monoisotopic (exact) mass is 799 g/mol. The van der Waals surface area contributed by atoms with Gasteiger partial charge in [0.05, 0.1) is 12.8 Å². The van der Waals surface area contributed by atoms with E-state index in [-0.39, 0.29) is 54.1 Å². The number of hydrogen-bond acceptors (Lipinski definition) is 8. The van der Waals surface area contributed by atoms with E-state index in [9.17, 15) is 24.0 Å². The lowest BCUT2D eigenvalue weighted by molar-refractivity contribution is -0.159. The topological polar surface area (TPSA) is 190 Å². The summed E-state index contributed by atoms with van der Waals surface area (Å²) in [4.78, 5) is 66.0. The Morgan fingerprint density at radius 2 is 1.36 bits per heavy atom. The fourth-order valence-electron chi connectivity index (χ4n) is 4.62. The van der Waals surface area contributed by atoms with Crippen molar-refractivity contribution in [3.05, 3.63) is 101 Å². The predicted molar refractivity (Wildman–Crippen MR) is 201 cm³/mol. The average Bonchev–Trinajstić information content (AvgIpc) is 2.99. The number of halogens is 1. The number of ether oxygens (including phenoxy) is 2. The highest BCUT2D eigenvalue weighted by Gasteiger charge is 2.32. The minimum absolute atomic E-state index is 0. The van der Waals surface area contributed by atoms with Gasteiger partial charge >= 0.3 is 11.9 Å². The molecule has 0 spiro atoms. The maximum absolute atomic E-state index is 13.7. The number of benzene rings is 3. The van der Waals surface area contributed by atoms with Gasteiger partial charge in [-0.15, -0.1) is 24.0 Å². The van der Waals surface area contributed by atoms with Crippen LogP contribution >= 0.6 is 24.0 Å². The molecule has 3 rings (SSSR count). The molecule has 268 valence electrons. The predicted octanol–water partition coefficient (Wildman–Crippen LogP) is 4.67. The van der Waals surface area contributed by atoms with Crippen molar-refractivity contribution in [2.24, 2.45) is 5.73 Å². The lowest BCUT2D eigenvalue weighted by Crippen LogP contribution is -2.54. The van der Waals surface area contributed by atoms with Crippen LogP contribution in [0.5, 0.6) is 0 Å². The Kier molecular flexibility index (Phi) is 15.1. The summed E-state index contributed by atoms with van der Waals surface area (Å²) in [5.74, 6) is -3.32. The highest BCUT2D eigenvalue weighted by atomic mass is 127. The summed E-state index contributed by atoms with van der Waals surface area (Å²) in [6.07, 6.45) is -0.369. The molecule has 3 aromatic carbocycles. The van der Waals surface area contributed by atoms with E-state index in [2.05, 4.69) is 16.0 Å². The van der Waals surface area contributed by atoms with Crippen molar-refractivity contribution < 1.29 is 33.4 Å². The molecule has 12 nitrogen and oxygen atoms in total. The molecule has 0 aliphatic heterocycles. The number of nitrogen functional groups attached to an aromatic ring is 1. The number of amidine groups is 1. The number of anilines is 1. The number of carbonyl (C=O) groups is 5. The van der Waals surface area contributed by atoms with Gasteiger partial charge in [-0.05, 0) is 70.9 Å². The van der Waals surface area contributed by atoms with Crippen LogP contribution in [0.15, 0.2) is 78.9 Å². The number of rotatable bonds is 13. The Morgan fingerprint density at radius 1 is 0.740 bits per heavy atom. The fourth-order valence-corrected chi connectivity index (χ4v) is 4.62. The smallest absolute Gasteiger partial charge is 0.329 e. The maximum Gasteiger partial charge on any atom is 0.329 e. The van der Waals surface area contributed by atoms with Crippen molar-refractivity contribution in [2.75, 3.05) is 5.32 Å². The highest BCUT2D eigenvalue weighted by Crippen LogP contribution is 2.16. The van der Waals surface area contributed by atoms with E-state index in [0.29, 0.717) is 16.8 Å². The standard InChI is InChI=1S/C37H45N5O7.HI/c1-36(2,3)48-31(44)22-28(34(46)42-29(35(47)49-37(4,5)6)19-23-11-8-7-9-12-23)41-33(45)26-13-10-14-27(21-26)40-30(43)20-24-15-17-25(18-16-24)32(38)39;/h7-18,21,28-29H,19-20,22H2,1-6H3,(H3,38,39)(H,40,43)(H,41,45)(H,42,46);1H/t28-,29-;/m0./s1. The van der Waals surface area contributed by atoms with Gasteiger partial charge in [0.1, 0.15) is 29.1 Å². The molecule has 0 radical (unpaired) electrons. The summed E-state index contributed by atoms with van der Waals surface area (Å²) in [7, 11) is 0. The molecule has 50 heavy (non-hydrogen) atoms. The number of nitrogens with two attached hydrogens (primary N) is 1. The van der Waals surface area contributed by atoms with Gasteiger partial charge in [0.2, 0.25) is 11.8 Å². The van der Waals surface area contributed by atoms with E-state index < -0.39 is 53.5 Å². The second-order valence-corrected chi connectivity index (χ2v) is 13.5. The van der Waals surface area contributed by atoms with E-state index >= 15 is 0 Å². The Balaban J connectivity index is 0.00000867. The maximum atomic E-state index is 13.7. The van der Waals surface area contributed by atoms with Crippen LogP contribution in [0, 0.1) is 5.41 Å². The first-order valence-electron chi connectivity index (χ1n) is 15.8. The Labute approximate surface area is 309 Å². The van der Waals surface area contributed by atoms with Gasteiger partial charge in [-0.3, -0.25) is 24.6 Å². The zero-order chi connectivity index (χ0) is 36.4. The number of carbonyl (C=O) groups excluding carboxylic acids is 5. The van der Waals surface area contributed by atoms with E-state index in [0.717, 1.165) is 5.56 Å². The van der Waals surface area contributed by atoms with Crippen LogP contribution in [0.2, 0.25) is 0 Å². The number of amides is 3. The van der Waals surface area contributed by atoms with Crippen LogP contribution in [0.25, 0.3) is 0 Å². The van der Waals surface area contributed by atoms with E-state index in [4.69, 9.17) is 20.6 Å². The second kappa shape index (κ2) is 18.3. The summed E-state index contributed by atoms with van der Waals surface area (Å²) >= 11 is 0. The molecule has 0 saturated heterocycles. The first-order chi connectivity index (χ1) is 22.9. The van der Waals surface area contributed by atoms with E-state index in [1.807, 2.05) is 6.07 Å². The summed E-state index contributed by atoms with van der Waals surface area (Å²) in [6.45, 7) is 10.2. The molecule has 0 fully saturated rings. The van der Waals surface area contributed by atoms with Crippen molar-refractivity contribution in [1.82, 2.24) is 10.6 Å². The van der Waals surface area contributed by atoms with Crippen LogP contribution < -0.4 is 21.7 Å². The minimum atomic E-state index is -1.42. The molecule has 0 aliphatic rings. The average molecular weight is 800 g/mol. The SMILES string of the molecule is CC(C)(C)OC(=O)C[C@H](NC(=O)c1cccc(NC(=O)Cc2ccc(C(=N)N)cc2)c1)C(=O)N[C@@H](Cc1ccccc1)C(=O)OC(C)(C)C.I. The van der Waals surface area contributed by atoms with E-state index in [1.54, 1.807) is 102 Å². The van der Waals surface area contributed by atoms with Crippen LogP contribution in [-0.2, 0) is 41.5 Å². The van der Waals surface area contributed by atoms with Gasteiger partial charge in [-0.1, -0.05) is 60.7 Å². The van der Waals surface area contributed by atoms with Gasteiger partial charge < -0.3 is 31.2 Å². The molecule has 0 bridgehead atoms. The largest absolute Gasteiger partial charge is 0.460 e. The summed E-state index contributed by atoms with van der Waals surface area (Å²) in [5.41, 5.74) is 6.25. The van der Waals surface area contributed by atoms with Crippen LogP contribution in [0.4, 0.5) is 5.69 Å². The van der Waals surface area contributed by atoms with Crippen LogP contribution in [0.1, 0.15) is 75.0 Å². The Hall–Kier alpha value is -4.79. The quantitative estimate of drug-likeness (QED) is 0.0714. The molecule has 3 amide bonds. The lowest BCUT2D eigenvalue weighted by Gasteiger charge is -2.27. The molecule has 3 aromatic rings. The summed E-state index contributed by atoms with van der Waals surface area (Å²) in [5, 5.41) is 15.5. The first kappa shape index (κ1) is 41.4. The van der Waals surface area contributed by atoms with Crippen molar-refractivity contribution in [3.8, 4) is 0 Å². The van der Waals surface area contributed by atoms with Crippen molar-refractivity contribution in [2.45, 2.75) is 84.1 Å². The molecule has 0 aliphatic carbocycles. The normalized spacial score (nSPS) is 12.3. The summed E-state index contributed by atoms with van der Waals surface area (Å²) < 4.78 is 11.0. The molecule has 0 unspecified atom stereocenters. The third-order valence-electron chi connectivity index (χ3n) is 6.74. The molecule has 13 heteroatoms. The van der Waals surface area contributed by atoms with Gasteiger partial charge in [-0.25, -0.2) is 4.79 Å². The zero-order valence-corrected chi connectivity index (χ0v) is 31.5. The van der Waals surface area contributed by atoms with Crippen molar-refractivity contribution in [1.29, 1.82) is 5.41 Å². The third-order valence-corrected chi connectivity index (χ3v) is 6.74. The van der Waals surface area contributed by atoms with Gasteiger partial charge in [0.25, 0.3) is 5.91 Å². The number of esters is 2. The Bertz CT molecular complexity index is 1670. The van der Waals surface area contributed by atoms with Gasteiger partial charge in [0.15, 0.2) is 0 Å². The van der Waals surface area contributed by atoms with Crippen molar-refractivity contribution >= 4 is 65.2 Å². The van der Waals surface area contributed by atoms with Crippen LogP contribution in [0.3, 0.4) is 0 Å². The molecular formula is C37H46IN5O7. The molecule has 6 N–H and O–H groups in total. The minimum Gasteiger partial charge on any atom is -0.460 e. The molecular weight excluding hydrogens is 753 g/mol. The number of nitrogens with one attached hydrogen (secondary N) is 4. The lowest BCUT2D eigenvalue weighted by atomic mass is 10.0. The van der Waals surface area contributed by atoms with E-state index in [1.165, 1.54) is 12.1 Å². The molecule has 2 atom stereocenters. The number of hydrogen-bond donors (Lipinski definition) is 5. The van der Waals surface area contributed by atoms with Crippen molar-refractivity contribution in [3.63, 3.8) is 0 Å². The van der Waals surface area contributed by atoms with Gasteiger partial charge in [-0.2, -0.15) is 0 Å². The van der Waals surface area contributed by atoms with Crippen LogP contribution in [-0.4, -0.2) is 58.8 Å². The molecule has 0 aromatic heterocycles.